The molecule has 1 saturated heterocycles. The van der Waals surface area contributed by atoms with Crippen LogP contribution >= 0.6 is 0 Å². The number of hydrogen-bond acceptors (Lipinski definition) is 9. The molecule has 0 unspecified atom stereocenters. The van der Waals surface area contributed by atoms with E-state index in [0.29, 0.717) is 12.1 Å². The van der Waals surface area contributed by atoms with Gasteiger partial charge in [-0.05, 0) is 24.1 Å². The Morgan fingerprint density at radius 3 is 1.56 bits per heavy atom. The number of carbonyl (C=O) groups is 4. The van der Waals surface area contributed by atoms with Crippen molar-refractivity contribution in [3.8, 4) is 0 Å². The third-order valence-corrected chi connectivity index (χ3v) is 6.02. The van der Waals surface area contributed by atoms with Crippen LogP contribution in [0, 0.1) is 0 Å². The standard InChI is InChI=1S/C23H35N5O8/c24-18-3-1-17(2-4-18)11-19-12-27(15-22(33)34)8-7-25(13-20(29)30)5-6-26(14-21(31)32)9-10-28(19)16-23(35)36/h1-4,19H,5-16,24H2,(H,29,30)(H,31,32)(H,33,34)(H,35,36)/t19-/m1/s1. The number of hydrogen-bond donors (Lipinski definition) is 5. The van der Waals surface area contributed by atoms with Gasteiger partial charge in [-0.2, -0.15) is 0 Å². The van der Waals surface area contributed by atoms with E-state index in [2.05, 4.69) is 0 Å². The van der Waals surface area contributed by atoms with Crippen molar-refractivity contribution < 1.29 is 39.6 Å². The lowest BCUT2D eigenvalue weighted by Crippen LogP contribution is -2.53. The third kappa shape index (κ3) is 11.0. The summed E-state index contributed by atoms with van der Waals surface area (Å²) in [7, 11) is 0. The average Bonchev–Trinajstić information content (AvgIpc) is 2.76. The third-order valence-electron chi connectivity index (χ3n) is 6.02. The van der Waals surface area contributed by atoms with Crippen LogP contribution in [-0.4, -0.2) is 142 Å². The highest BCUT2D eigenvalue weighted by Gasteiger charge is 2.27. The van der Waals surface area contributed by atoms with Gasteiger partial charge in [0.2, 0.25) is 0 Å². The van der Waals surface area contributed by atoms with Crippen molar-refractivity contribution in [3.63, 3.8) is 0 Å². The number of carboxylic acids is 4. The van der Waals surface area contributed by atoms with E-state index < -0.39 is 29.9 Å². The van der Waals surface area contributed by atoms with Crippen molar-refractivity contribution in [2.24, 2.45) is 0 Å². The highest BCUT2D eigenvalue weighted by molar-refractivity contribution is 5.70. The predicted molar refractivity (Wildman–Crippen MR) is 130 cm³/mol. The van der Waals surface area contributed by atoms with E-state index in [1.54, 1.807) is 31.7 Å². The van der Waals surface area contributed by atoms with Crippen LogP contribution in [0.5, 0.6) is 0 Å². The van der Waals surface area contributed by atoms with Crippen LogP contribution < -0.4 is 5.73 Å². The van der Waals surface area contributed by atoms with E-state index in [4.69, 9.17) is 5.73 Å². The molecule has 1 aliphatic rings. The maximum Gasteiger partial charge on any atom is 0.317 e. The molecule has 13 nitrogen and oxygen atoms in total. The summed E-state index contributed by atoms with van der Waals surface area (Å²) in [6, 6.07) is 6.73. The largest absolute Gasteiger partial charge is 0.480 e. The lowest BCUT2D eigenvalue weighted by Gasteiger charge is -2.37. The van der Waals surface area contributed by atoms with Crippen molar-refractivity contribution in [3.05, 3.63) is 29.8 Å². The maximum atomic E-state index is 11.7. The second kappa shape index (κ2) is 14.3. The minimum Gasteiger partial charge on any atom is -0.480 e. The molecule has 6 N–H and O–H groups in total. The Morgan fingerprint density at radius 1 is 0.667 bits per heavy atom. The normalized spacial score (nSPS) is 19.7. The van der Waals surface area contributed by atoms with Gasteiger partial charge in [-0.25, -0.2) is 0 Å². The van der Waals surface area contributed by atoms with Gasteiger partial charge in [0.15, 0.2) is 0 Å². The highest BCUT2D eigenvalue weighted by atomic mass is 16.4. The molecule has 0 bridgehead atoms. The Bertz CT molecular complexity index is 897. The maximum absolute atomic E-state index is 11.7. The molecular formula is C23H35N5O8. The number of carboxylic acid groups (broad SMARTS) is 4. The number of anilines is 1. The van der Waals surface area contributed by atoms with Crippen molar-refractivity contribution in [1.82, 2.24) is 19.6 Å². The molecule has 1 aliphatic heterocycles. The minimum atomic E-state index is -1.05. The average molecular weight is 510 g/mol. The molecule has 1 atom stereocenters. The summed E-state index contributed by atoms with van der Waals surface area (Å²) in [5.74, 6) is -4.17. The Hall–Kier alpha value is -3.26. The molecule has 1 aromatic rings. The first-order chi connectivity index (χ1) is 17.0. The molecule has 0 saturated carbocycles. The fraction of sp³-hybridized carbons (Fsp3) is 0.565. The number of nitrogens with zero attached hydrogens (tertiary/aromatic N) is 4. The summed E-state index contributed by atoms with van der Waals surface area (Å²) in [6.45, 7) is 0.637. The molecule has 2 rings (SSSR count). The SMILES string of the molecule is Nc1ccc(C[C@@H]2CN(CC(=O)O)CCN(CC(=O)O)CCN(CC(=O)O)CCN2CC(=O)O)cc1. The van der Waals surface area contributed by atoms with Crippen LogP contribution in [-0.2, 0) is 25.6 Å². The summed E-state index contributed by atoms with van der Waals surface area (Å²) in [5.41, 5.74) is 7.26. The van der Waals surface area contributed by atoms with Gasteiger partial charge in [0.25, 0.3) is 0 Å². The molecule has 13 heteroatoms. The van der Waals surface area contributed by atoms with Crippen LogP contribution in [0.4, 0.5) is 5.69 Å². The van der Waals surface area contributed by atoms with Gasteiger partial charge in [0.05, 0.1) is 26.2 Å². The van der Waals surface area contributed by atoms with Crippen LogP contribution in [0.1, 0.15) is 5.56 Å². The summed E-state index contributed by atoms with van der Waals surface area (Å²) in [5, 5.41) is 37.7. The lowest BCUT2D eigenvalue weighted by atomic mass is 10.0. The molecule has 0 aromatic heterocycles. The first-order valence-electron chi connectivity index (χ1n) is 11.6. The second-order valence-electron chi connectivity index (χ2n) is 8.93. The summed E-state index contributed by atoms with van der Waals surface area (Å²) in [4.78, 5) is 52.8. The van der Waals surface area contributed by atoms with Crippen molar-refractivity contribution in [2.75, 3.05) is 77.7 Å². The lowest BCUT2D eigenvalue weighted by molar-refractivity contribution is -0.142. The monoisotopic (exact) mass is 509 g/mol. The highest BCUT2D eigenvalue weighted by Crippen LogP contribution is 2.14. The number of rotatable bonds is 10. The molecule has 0 amide bonds. The number of aliphatic carboxylic acids is 4. The number of nitrogens with two attached hydrogens (primary N) is 1. The molecule has 0 spiro atoms. The summed E-state index contributed by atoms with van der Waals surface area (Å²) < 4.78 is 0. The topological polar surface area (TPSA) is 188 Å². The summed E-state index contributed by atoms with van der Waals surface area (Å²) >= 11 is 0. The minimum absolute atomic E-state index is 0.226. The zero-order valence-electron chi connectivity index (χ0n) is 20.2. The molecule has 1 fully saturated rings. The van der Waals surface area contributed by atoms with Gasteiger partial charge in [0.1, 0.15) is 0 Å². The Labute approximate surface area is 209 Å². The molecule has 1 aromatic carbocycles. The molecule has 0 aliphatic carbocycles. The van der Waals surface area contributed by atoms with Gasteiger partial charge < -0.3 is 26.2 Å². The van der Waals surface area contributed by atoms with Gasteiger partial charge in [-0.3, -0.25) is 38.8 Å². The fourth-order valence-corrected chi connectivity index (χ4v) is 4.28. The van der Waals surface area contributed by atoms with Crippen LogP contribution in [0.2, 0.25) is 0 Å². The molecule has 200 valence electrons. The summed E-state index contributed by atoms with van der Waals surface area (Å²) in [6.07, 6.45) is 0.418. The van der Waals surface area contributed by atoms with Crippen LogP contribution in [0.25, 0.3) is 0 Å². The zero-order valence-corrected chi connectivity index (χ0v) is 20.2. The van der Waals surface area contributed by atoms with Gasteiger partial charge in [0, 0.05) is 57.5 Å². The van der Waals surface area contributed by atoms with E-state index in [9.17, 15) is 39.6 Å². The molecular weight excluding hydrogens is 474 g/mol. The Balaban J connectivity index is 2.38. The van der Waals surface area contributed by atoms with Crippen LogP contribution in [0.15, 0.2) is 24.3 Å². The first kappa shape index (κ1) is 29.0. The van der Waals surface area contributed by atoms with Gasteiger partial charge in [-0.1, -0.05) is 12.1 Å². The van der Waals surface area contributed by atoms with Crippen molar-refractivity contribution >= 4 is 29.6 Å². The smallest absolute Gasteiger partial charge is 0.317 e. The Kier molecular flexibility index (Phi) is 11.5. The molecule has 1 heterocycles. The van der Waals surface area contributed by atoms with E-state index in [1.807, 2.05) is 12.1 Å². The van der Waals surface area contributed by atoms with E-state index in [1.165, 1.54) is 0 Å². The number of nitrogen functional groups attached to an aromatic ring is 1. The van der Waals surface area contributed by atoms with E-state index in [0.717, 1.165) is 5.56 Å². The second-order valence-corrected chi connectivity index (χ2v) is 8.93. The number of benzene rings is 1. The van der Waals surface area contributed by atoms with Gasteiger partial charge in [-0.15, -0.1) is 0 Å². The van der Waals surface area contributed by atoms with Crippen LogP contribution in [0.3, 0.4) is 0 Å². The van der Waals surface area contributed by atoms with E-state index in [-0.39, 0.29) is 72.0 Å². The Morgan fingerprint density at radius 2 is 1.08 bits per heavy atom. The van der Waals surface area contributed by atoms with Gasteiger partial charge >= 0.3 is 23.9 Å². The fourth-order valence-electron chi connectivity index (χ4n) is 4.28. The van der Waals surface area contributed by atoms with E-state index >= 15 is 0 Å². The first-order valence-corrected chi connectivity index (χ1v) is 11.6. The van der Waals surface area contributed by atoms with Crippen molar-refractivity contribution in [2.45, 2.75) is 12.5 Å². The molecule has 0 radical (unpaired) electrons. The molecule has 36 heavy (non-hydrogen) atoms. The quantitative estimate of drug-likeness (QED) is 0.235. The zero-order chi connectivity index (χ0) is 26.7. The van der Waals surface area contributed by atoms with Crippen molar-refractivity contribution in [1.29, 1.82) is 0 Å². The predicted octanol–water partition coefficient (Wildman–Crippen LogP) is -1.26.